The molecule has 0 saturated heterocycles. The lowest BCUT2D eigenvalue weighted by Crippen LogP contribution is -2.49. The molecular weight excluding hydrogens is 276 g/mol. The van der Waals surface area contributed by atoms with Gasteiger partial charge in [0.25, 0.3) is 0 Å². The molecule has 0 N–H and O–H groups in total. The molecule has 4 aliphatic carbocycles. The van der Waals surface area contributed by atoms with Crippen LogP contribution >= 0.6 is 11.3 Å². The summed E-state index contributed by atoms with van der Waals surface area (Å²) in [5, 5.41) is 0. The van der Waals surface area contributed by atoms with Crippen molar-refractivity contribution in [3.8, 4) is 0 Å². The highest BCUT2D eigenvalue weighted by atomic mass is 32.1. The Hall–Kier alpha value is -0.630. The number of hydrogen-bond donors (Lipinski definition) is 0. The summed E-state index contributed by atoms with van der Waals surface area (Å²) in [6.07, 6.45) is 7.76. The lowest BCUT2D eigenvalue weighted by Gasteiger charge is -2.55. The number of carbonyl (C=O) groups is 1. The molecule has 1 aromatic rings. The molecule has 0 spiro atoms. The molecule has 0 unspecified atom stereocenters. The highest BCUT2D eigenvalue weighted by molar-refractivity contribution is 7.14. The summed E-state index contributed by atoms with van der Waals surface area (Å²) in [6.45, 7) is 6.70. The van der Waals surface area contributed by atoms with E-state index in [1.807, 2.05) is 0 Å². The molecule has 0 radical (unpaired) electrons. The van der Waals surface area contributed by atoms with Gasteiger partial charge in [0.1, 0.15) is 0 Å². The second-order valence-corrected chi connectivity index (χ2v) is 10.0. The Bertz CT molecular complexity index is 539. The van der Waals surface area contributed by atoms with Crippen molar-refractivity contribution in [1.29, 1.82) is 0 Å². The zero-order chi connectivity index (χ0) is 14.8. The van der Waals surface area contributed by atoms with E-state index in [1.165, 1.54) is 43.4 Å². The van der Waals surface area contributed by atoms with Crippen LogP contribution in [0.1, 0.15) is 73.8 Å². The smallest absolute Gasteiger partial charge is 0.178 e. The molecule has 0 atom stereocenters. The Morgan fingerprint density at radius 1 is 1.05 bits per heavy atom. The summed E-state index contributed by atoms with van der Waals surface area (Å²) < 4.78 is 0. The van der Waals surface area contributed by atoms with Gasteiger partial charge in [-0.3, -0.25) is 4.79 Å². The lowest BCUT2D eigenvalue weighted by molar-refractivity contribution is -0.0350. The molecule has 5 rings (SSSR count). The van der Waals surface area contributed by atoms with Crippen LogP contribution in [0.4, 0.5) is 0 Å². The SMILES string of the molecule is CC(C)(C)c1ccc(C(=O)C23CC4CC(CC(C4)C2)C3)s1. The van der Waals surface area contributed by atoms with Gasteiger partial charge < -0.3 is 0 Å². The van der Waals surface area contributed by atoms with Crippen molar-refractivity contribution in [1.82, 2.24) is 0 Å². The van der Waals surface area contributed by atoms with Crippen molar-refractivity contribution in [2.75, 3.05) is 0 Å². The van der Waals surface area contributed by atoms with Crippen LogP contribution in [0.3, 0.4) is 0 Å². The number of rotatable bonds is 2. The zero-order valence-corrected chi connectivity index (χ0v) is 14.3. The third-order valence-electron chi connectivity index (χ3n) is 6.09. The van der Waals surface area contributed by atoms with Crippen molar-refractivity contribution in [3.63, 3.8) is 0 Å². The van der Waals surface area contributed by atoms with E-state index in [-0.39, 0.29) is 10.8 Å². The van der Waals surface area contributed by atoms with Crippen LogP contribution in [-0.2, 0) is 5.41 Å². The molecule has 4 bridgehead atoms. The van der Waals surface area contributed by atoms with E-state index in [0.717, 1.165) is 22.6 Å². The predicted molar refractivity (Wildman–Crippen MR) is 88.0 cm³/mol. The molecule has 114 valence electrons. The minimum absolute atomic E-state index is 0.0226. The van der Waals surface area contributed by atoms with Gasteiger partial charge in [0, 0.05) is 10.3 Å². The number of thiophene rings is 1. The van der Waals surface area contributed by atoms with Crippen molar-refractivity contribution in [3.05, 3.63) is 21.9 Å². The molecule has 4 aliphatic rings. The first-order valence-electron chi connectivity index (χ1n) is 8.51. The Morgan fingerprint density at radius 2 is 1.57 bits per heavy atom. The Labute approximate surface area is 132 Å². The molecule has 0 aliphatic heterocycles. The van der Waals surface area contributed by atoms with Crippen molar-refractivity contribution in [2.24, 2.45) is 23.2 Å². The van der Waals surface area contributed by atoms with Crippen LogP contribution in [0, 0.1) is 23.2 Å². The second kappa shape index (κ2) is 4.44. The number of ketones is 1. The van der Waals surface area contributed by atoms with Gasteiger partial charge in [-0.1, -0.05) is 20.8 Å². The van der Waals surface area contributed by atoms with Gasteiger partial charge >= 0.3 is 0 Å². The van der Waals surface area contributed by atoms with Crippen molar-refractivity contribution < 1.29 is 4.79 Å². The average molecular weight is 302 g/mol. The van der Waals surface area contributed by atoms with Gasteiger partial charge in [0.2, 0.25) is 0 Å². The topological polar surface area (TPSA) is 17.1 Å². The molecule has 1 nitrogen and oxygen atoms in total. The second-order valence-electron chi connectivity index (χ2n) is 8.94. The van der Waals surface area contributed by atoms with E-state index in [0.29, 0.717) is 5.78 Å². The molecular formula is C19H26OS. The summed E-state index contributed by atoms with van der Waals surface area (Å²) in [4.78, 5) is 15.6. The normalized spacial score (nSPS) is 38.0. The third-order valence-corrected chi connectivity index (χ3v) is 7.60. The van der Waals surface area contributed by atoms with Gasteiger partial charge in [0.15, 0.2) is 5.78 Å². The summed E-state index contributed by atoms with van der Waals surface area (Å²) in [5.41, 5.74) is 0.180. The molecule has 0 aromatic carbocycles. The monoisotopic (exact) mass is 302 g/mol. The maximum atomic E-state index is 13.2. The number of hydrogen-bond acceptors (Lipinski definition) is 2. The van der Waals surface area contributed by atoms with E-state index in [9.17, 15) is 4.79 Å². The molecule has 2 heteroatoms. The standard InChI is InChI=1S/C19H26OS/c1-18(2,3)16-5-4-15(21-16)17(20)19-9-12-6-13(10-19)8-14(7-12)11-19/h4-5,12-14H,6-11H2,1-3H3. The quantitative estimate of drug-likeness (QED) is 0.664. The summed E-state index contributed by atoms with van der Waals surface area (Å²) in [6, 6.07) is 4.28. The molecule has 0 amide bonds. The van der Waals surface area contributed by atoms with Crippen LogP contribution in [0.2, 0.25) is 0 Å². The maximum Gasteiger partial charge on any atom is 0.178 e. The van der Waals surface area contributed by atoms with Gasteiger partial charge in [-0.25, -0.2) is 0 Å². The van der Waals surface area contributed by atoms with Crippen molar-refractivity contribution in [2.45, 2.75) is 64.7 Å². The molecule has 4 fully saturated rings. The minimum Gasteiger partial charge on any atom is -0.293 e. The molecule has 1 aromatic heterocycles. The summed E-state index contributed by atoms with van der Waals surface area (Å²) in [5.74, 6) is 3.04. The largest absolute Gasteiger partial charge is 0.293 e. The maximum absolute atomic E-state index is 13.2. The Balaban J connectivity index is 1.64. The van der Waals surface area contributed by atoms with E-state index in [4.69, 9.17) is 0 Å². The van der Waals surface area contributed by atoms with Crippen LogP contribution in [-0.4, -0.2) is 5.78 Å². The first-order chi connectivity index (χ1) is 9.86. The van der Waals surface area contributed by atoms with Gasteiger partial charge in [0.05, 0.1) is 4.88 Å². The highest BCUT2D eigenvalue weighted by Crippen LogP contribution is 2.61. The van der Waals surface area contributed by atoms with Crippen LogP contribution < -0.4 is 0 Å². The first-order valence-corrected chi connectivity index (χ1v) is 9.32. The van der Waals surface area contributed by atoms with E-state index >= 15 is 0 Å². The Morgan fingerprint density at radius 3 is 2.00 bits per heavy atom. The van der Waals surface area contributed by atoms with Crippen molar-refractivity contribution >= 4 is 17.1 Å². The summed E-state index contributed by atoms with van der Waals surface area (Å²) >= 11 is 1.75. The van der Waals surface area contributed by atoms with E-state index < -0.39 is 0 Å². The fraction of sp³-hybridized carbons (Fsp3) is 0.737. The van der Waals surface area contributed by atoms with E-state index in [1.54, 1.807) is 11.3 Å². The fourth-order valence-electron chi connectivity index (χ4n) is 5.51. The lowest BCUT2D eigenvalue weighted by atomic mass is 9.48. The molecule has 1 heterocycles. The van der Waals surface area contributed by atoms with Gasteiger partial charge in [-0.15, -0.1) is 11.3 Å². The van der Waals surface area contributed by atoms with Crippen LogP contribution in [0.5, 0.6) is 0 Å². The van der Waals surface area contributed by atoms with Crippen LogP contribution in [0.15, 0.2) is 12.1 Å². The molecule has 4 saturated carbocycles. The highest BCUT2D eigenvalue weighted by Gasteiger charge is 2.54. The minimum atomic E-state index is 0.0226. The van der Waals surface area contributed by atoms with E-state index in [2.05, 4.69) is 32.9 Å². The molecule has 21 heavy (non-hydrogen) atoms. The number of Topliss-reactive ketones (excluding diaryl/α,β-unsaturated/α-hetero) is 1. The zero-order valence-electron chi connectivity index (χ0n) is 13.4. The van der Waals surface area contributed by atoms with Gasteiger partial charge in [-0.2, -0.15) is 0 Å². The predicted octanol–water partition coefficient (Wildman–Crippen LogP) is 5.44. The van der Waals surface area contributed by atoms with Crippen LogP contribution in [0.25, 0.3) is 0 Å². The third kappa shape index (κ3) is 2.21. The summed E-state index contributed by atoms with van der Waals surface area (Å²) in [7, 11) is 0. The first kappa shape index (κ1) is 14.0. The Kier molecular flexibility index (Phi) is 2.96. The average Bonchev–Trinajstić information content (AvgIpc) is 2.85. The number of carbonyl (C=O) groups excluding carboxylic acids is 1. The fourth-order valence-corrected chi connectivity index (χ4v) is 6.64. The van der Waals surface area contributed by atoms with Gasteiger partial charge in [-0.05, 0) is 73.8 Å².